The summed E-state index contributed by atoms with van der Waals surface area (Å²) in [4.78, 5) is 11.2. The van der Waals surface area contributed by atoms with Crippen molar-refractivity contribution in [2.75, 3.05) is 11.9 Å². The van der Waals surface area contributed by atoms with Gasteiger partial charge in [-0.1, -0.05) is 12.1 Å². The monoisotopic (exact) mass is 195 g/mol. The number of rotatable bonds is 1. The van der Waals surface area contributed by atoms with Gasteiger partial charge in [0.05, 0.1) is 12.3 Å². The number of aliphatic hydroxyl groups excluding tert-OH is 1. The molecule has 0 aliphatic carbocycles. The van der Waals surface area contributed by atoms with Crippen molar-refractivity contribution in [1.29, 1.82) is 0 Å². The molecule has 1 aromatic rings. The number of hydrogen-bond donors (Lipinski definition) is 2. The Hall–Kier alpha value is -1.42. The van der Waals surface area contributed by atoms with Gasteiger partial charge in [0.15, 0.2) is 0 Å². The van der Waals surface area contributed by atoms with Gasteiger partial charge in [-0.3, -0.25) is 4.79 Å². The van der Waals surface area contributed by atoms with Crippen LogP contribution in [-0.2, 0) is 4.79 Å². The van der Waals surface area contributed by atoms with E-state index in [2.05, 4.69) is 5.32 Å². The van der Waals surface area contributed by atoms with Crippen LogP contribution in [-0.4, -0.2) is 17.6 Å². The highest BCUT2D eigenvalue weighted by Crippen LogP contribution is 2.33. The molecule has 0 spiro atoms. The van der Waals surface area contributed by atoms with Crippen molar-refractivity contribution >= 4 is 11.6 Å². The van der Waals surface area contributed by atoms with E-state index in [1.165, 1.54) is 6.07 Å². The lowest BCUT2D eigenvalue weighted by Crippen LogP contribution is -2.25. The largest absolute Gasteiger partial charge is 0.396 e. The summed E-state index contributed by atoms with van der Waals surface area (Å²) >= 11 is 0. The minimum absolute atomic E-state index is 0.135. The van der Waals surface area contributed by atoms with E-state index in [4.69, 9.17) is 5.11 Å². The number of benzene rings is 1. The van der Waals surface area contributed by atoms with Crippen LogP contribution in [0.25, 0.3) is 0 Å². The predicted molar refractivity (Wildman–Crippen MR) is 49.5 cm³/mol. The van der Waals surface area contributed by atoms with Gasteiger partial charge in [-0.2, -0.15) is 0 Å². The zero-order valence-corrected chi connectivity index (χ0v) is 7.46. The Bertz CT molecular complexity index is 378. The second-order valence-electron chi connectivity index (χ2n) is 3.34. The summed E-state index contributed by atoms with van der Waals surface area (Å²) in [6.45, 7) is -0.135. The van der Waals surface area contributed by atoms with Crippen molar-refractivity contribution in [1.82, 2.24) is 0 Å². The molecule has 1 amide bonds. The molecule has 1 aromatic carbocycles. The third kappa shape index (κ3) is 1.37. The molecule has 3 nitrogen and oxygen atoms in total. The quantitative estimate of drug-likeness (QED) is 0.708. The predicted octanol–water partition coefficient (Wildman–Crippen LogP) is 1.24. The van der Waals surface area contributed by atoms with Gasteiger partial charge in [0.25, 0.3) is 0 Å². The molecule has 0 fully saturated rings. The van der Waals surface area contributed by atoms with Crippen LogP contribution < -0.4 is 5.32 Å². The number of anilines is 1. The maximum absolute atomic E-state index is 13.3. The maximum atomic E-state index is 13.3. The standard InChI is InChI=1S/C10H10FNO2/c11-8-3-1-2-7-6(5-13)4-9(14)12-10(7)8/h1-3,6,13H,4-5H2,(H,12,14). The number of amides is 1. The molecule has 0 aromatic heterocycles. The Morgan fingerprint density at radius 3 is 3.07 bits per heavy atom. The van der Waals surface area contributed by atoms with Gasteiger partial charge in [-0.15, -0.1) is 0 Å². The number of halogens is 1. The summed E-state index contributed by atoms with van der Waals surface area (Å²) in [5, 5.41) is 11.5. The van der Waals surface area contributed by atoms with Crippen molar-refractivity contribution < 1.29 is 14.3 Å². The summed E-state index contributed by atoms with van der Waals surface area (Å²) in [6, 6.07) is 4.59. The number of para-hydroxylation sites is 1. The molecular weight excluding hydrogens is 185 g/mol. The summed E-state index contributed by atoms with van der Waals surface area (Å²) in [6.07, 6.45) is 0.215. The first-order chi connectivity index (χ1) is 6.72. The molecule has 1 aliphatic heterocycles. The van der Waals surface area contributed by atoms with Gasteiger partial charge in [-0.25, -0.2) is 4.39 Å². The van der Waals surface area contributed by atoms with E-state index in [0.29, 0.717) is 5.56 Å². The molecule has 0 radical (unpaired) electrons. The van der Waals surface area contributed by atoms with Crippen LogP contribution in [0.3, 0.4) is 0 Å². The maximum Gasteiger partial charge on any atom is 0.225 e. The third-order valence-corrected chi connectivity index (χ3v) is 2.40. The lowest BCUT2D eigenvalue weighted by atomic mass is 9.91. The molecule has 0 bridgehead atoms. The number of nitrogens with one attached hydrogen (secondary N) is 1. The van der Waals surface area contributed by atoms with Gasteiger partial charge in [0.2, 0.25) is 5.91 Å². The fraction of sp³-hybridized carbons (Fsp3) is 0.300. The summed E-state index contributed by atoms with van der Waals surface area (Å²) in [5.41, 5.74) is 0.884. The van der Waals surface area contributed by atoms with Crippen LogP contribution in [0.1, 0.15) is 17.9 Å². The Balaban J connectivity index is 2.50. The van der Waals surface area contributed by atoms with Crippen LogP contribution >= 0.6 is 0 Å². The van der Waals surface area contributed by atoms with Gasteiger partial charge in [0, 0.05) is 12.3 Å². The molecule has 4 heteroatoms. The van der Waals surface area contributed by atoms with Crippen molar-refractivity contribution in [2.24, 2.45) is 0 Å². The first kappa shape index (κ1) is 9.15. The number of carbonyl (C=O) groups excluding carboxylic acids is 1. The van der Waals surface area contributed by atoms with E-state index in [0.717, 1.165) is 0 Å². The SMILES string of the molecule is O=C1CC(CO)c2cccc(F)c2N1. The molecule has 1 aliphatic rings. The number of aliphatic hydroxyl groups is 1. The van der Waals surface area contributed by atoms with E-state index in [1.807, 2.05) is 0 Å². The third-order valence-electron chi connectivity index (χ3n) is 2.40. The zero-order valence-electron chi connectivity index (χ0n) is 7.46. The minimum atomic E-state index is -0.450. The van der Waals surface area contributed by atoms with E-state index in [-0.39, 0.29) is 30.5 Å². The normalized spacial score (nSPS) is 20.1. The van der Waals surface area contributed by atoms with Crippen molar-refractivity contribution in [3.05, 3.63) is 29.6 Å². The van der Waals surface area contributed by atoms with Crippen LogP contribution in [0.5, 0.6) is 0 Å². The lowest BCUT2D eigenvalue weighted by molar-refractivity contribution is -0.117. The van der Waals surface area contributed by atoms with E-state index in [1.54, 1.807) is 12.1 Å². The summed E-state index contributed by atoms with van der Waals surface area (Å²) in [5.74, 6) is -0.981. The minimum Gasteiger partial charge on any atom is -0.396 e. The molecule has 14 heavy (non-hydrogen) atoms. The second-order valence-corrected chi connectivity index (χ2v) is 3.34. The van der Waals surface area contributed by atoms with Gasteiger partial charge >= 0.3 is 0 Å². The number of fused-ring (bicyclic) bond motifs is 1. The molecular formula is C10H10FNO2. The highest BCUT2D eigenvalue weighted by atomic mass is 19.1. The van der Waals surface area contributed by atoms with E-state index >= 15 is 0 Å². The fourth-order valence-electron chi connectivity index (χ4n) is 1.70. The molecule has 1 heterocycles. The number of carbonyl (C=O) groups is 1. The average Bonchev–Trinajstić information content (AvgIpc) is 2.18. The Morgan fingerprint density at radius 2 is 2.36 bits per heavy atom. The molecule has 0 saturated heterocycles. The van der Waals surface area contributed by atoms with Crippen molar-refractivity contribution in [3.8, 4) is 0 Å². The molecule has 74 valence electrons. The lowest BCUT2D eigenvalue weighted by Gasteiger charge is -2.24. The van der Waals surface area contributed by atoms with Gasteiger partial charge in [-0.05, 0) is 11.6 Å². The average molecular weight is 195 g/mol. The van der Waals surface area contributed by atoms with Crippen LogP contribution in [0.4, 0.5) is 10.1 Å². The van der Waals surface area contributed by atoms with Crippen molar-refractivity contribution in [3.63, 3.8) is 0 Å². The van der Waals surface area contributed by atoms with Crippen LogP contribution in [0.15, 0.2) is 18.2 Å². The topological polar surface area (TPSA) is 49.3 Å². The van der Waals surface area contributed by atoms with Crippen LogP contribution in [0, 0.1) is 5.82 Å². The Kier molecular flexibility index (Phi) is 2.21. The molecule has 2 N–H and O–H groups in total. The molecule has 2 rings (SSSR count). The summed E-state index contributed by atoms with van der Waals surface area (Å²) < 4.78 is 13.3. The fourth-order valence-corrected chi connectivity index (χ4v) is 1.70. The highest BCUT2D eigenvalue weighted by Gasteiger charge is 2.26. The van der Waals surface area contributed by atoms with E-state index in [9.17, 15) is 9.18 Å². The first-order valence-electron chi connectivity index (χ1n) is 4.41. The first-order valence-corrected chi connectivity index (χ1v) is 4.41. The molecule has 1 atom stereocenters. The molecule has 1 unspecified atom stereocenters. The van der Waals surface area contributed by atoms with E-state index < -0.39 is 5.82 Å². The summed E-state index contributed by atoms with van der Waals surface area (Å²) in [7, 11) is 0. The Morgan fingerprint density at radius 1 is 1.57 bits per heavy atom. The highest BCUT2D eigenvalue weighted by molar-refractivity contribution is 5.94. The van der Waals surface area contributed by atoms with Crippen molar-refractivity contribution in [2.45, 2.75) is 12.3 Å². The second kappa shape index (κ2) is 3.38. The smallest absolute Gasteiger partial charge is 0.225 e. The van der Waals surface area contributed by atoms with Gasteiger partial charge < -0.3 is 10.4 Å². The van der Waals surface area contributed by atoms with Crippen LogP contribution in [0.2, 0.25) is 0 Å². The number of hydrogen-bond acceptors (Lipinski definition) is 2. The molecule has 0 saturated carbocycles. The van der Waals surface area contributed by atoms with Gasteiger partial charge in [0.1, 0.15) is 5.82 Å². The Labute approximate surface area is 80.6 Å². The zero-order chi connectivity index (χ0) is 10.1.